The van der Waals surface area contributed by atoms with Crippen molar-refractivity contribution >= 4 is 17.7 Å². The number of hydrogen-bond donors (Lipinski definition) is 1. The predicted octanol–water partition coefficient (Wildman–Crippen LogP) is 1.89. The molecule has 1 aliphatic rings. The fourth-order valence-corrected chi connectivity index (χ4v) is 1.59. The van der Waals surface area contributed by atoms with E-state index in [0.717, 1.165) is 6.20 Å². The first kappa shape index (κ1) is 11.4. The van der Waals surface area contributed by atoms with Crippen molar-refractivity contribution in [1.82, 2.24) is 4.98 Å². The summed E-state index contributed by atoms with van der Waals surface area (Å²) in [5.74, 6) is -1.36. The lowest BCUT2D eigenvalue weighted by Crippen LogP contribution is -2.42. The number of carbonyl (C=O) groups is 1. The molecule has 0 unspecified atom stereocenters. The third kappa shape index (κ3) is 2.08. The number of carboxylic acids is 1. The Balaban J connectivity index is 2.53. The molecule has 0 spiro atoms. The molecule has 4 nitrogen and oxygen atoms in total. The van der Waals surface area contributed by atoms with E-state index < -0.39 is 18.8 Å². The molecule has 1 aliphatic heterocycles. The third-order valence-corrected chi connectivity index (χ3v) is 2.36. The van der Waals surface area contributed by atoms with Crippen molar-refractivity contribution in [2.45, 2.75) is 6.30 Å². The van der Waals surface area contributed by atoms with E-state index in [1.807, 2.05) is 0 Å². The minimum Gasteiger partial charge on any atom is -0.478 e. The van der Waals surface area contributed by atoms with Gasteiger partial charge in [-0.1, -0.05) is 0 Å². The molecule has 0 aliphatic carbocycles. The fraction of sp³-hybridized carbons (Fsp3) is 0.200. The van der Waals surface area contributed by atoms with Crippen LogP contribution in [0.2, 0.25) is 0 Å². The van der Waals surface area contributed by atoms with Crippen LogP contribution in [0.25, 0.3) is 6.08 Å². The molecule has 0 amide bonds. The van der Waals surface area contributed by atoms with Gasteiger partial charge in [0.1, 0.15) is 0 Å². The minimum atomic E-state index is -4.63. The van der Waals surface area contributed by atoms with E-state index in [9.17, 15) is 18.0 Å². The Morgan fingerprint density at radius 3 is 2.76 bits per heavy atom. The summed E-state index contributed by atoms with van der Waals surface area (Å²) in [6, 6.07) is 1.34. The topological polar surface area (TPSA) is 53.4 Å². The van der Waals surface area contributed by atoms with Crippen LogP contribution in [0.4, 0.5) is 18.9 Å². The number of anilines is 1. The van der Waals surface area contributed by atoms with Gasteiger partial charge in [0.25, 0.3) is 0 Å². The molecule has 0 saturated heterocycles. The highest BCUT2D eigenvalue weighted by molar-refractivity contribution is 5.96. The highest BCUT2D eigenvalue weighted by Gasteiger charge is 2.41. The van der Waals surface area contributed by atoms with Gasteiger partial charge in [0.2, 0.25) is 0 Å². The molecule has 1 aromatic heterocycles. The number of alkyl halides is 3. The molecule has 0 aromatic carbocycles. The van der Waals surface area contributed by atoms with Crippen molar-refractivity contribution in [3.8, 4) is 0 Å². The van der Waals surface area contributed by atoms with Crippen molar-refractivity contribution in [2.24, 2.45) is 0 Å². The summed E-state index contributed by atoms with van der Waals surface area (Å²) in [5.41, 5.74) is -0.244. The van der Waals surface area contributed by atoms with Crippen molar-refractivity contribution in [3.05, 3.63) is 29.6 Å². The SMILES string of the molecule is O=C(O)C1=Cc2ccncc2N(C(F)(F)F)C1. The summed E-state index contributed by atoms with van der Waals surface area (Å²) in [7, 11) is 0. The number of aliphatic carboxylic acids is 1. The van der Waals surface area contributed by atoms with E-state index in [0.29, 0.717) is 0 Å². The summed E-state index contributed by atoms with van der Waals surface area (Å²) in [5, 5.41) is 8.77. The molecule has 1 N–H and O–H groups in total. The monoisotopic (exact) mass is 244 g/mol. The van der Waals surface area contributed by atoms with Gasteiger partial charge in [0.15, 0.2) is 0 Å². The highest BCUT2D eigenvalue weighted by Crippen LogP contribution is 2.35. The van der Waals surface area contributed by atoms with Crippen LogP contribution in [-0.2, 0) is 4.79 Å². The molecular formula is C10H7F3N2O2. The maximum Gasteiger partial charge on any atom is 0.485 e. The summed E-state index contributed by atoms with van der Waals surface area (Å²) in [6.07, 6.45) is -1.03. The van der Waals surface area contributed by atoms with Gasteiger partial charge in [-0.2, -0.15) is 13.2 Å². The fourth-order valence-electron chi connectivity index (χ4n) is 1.59. The van der Waals surface area contributed by atoms with Crippen LogP contribution in [0, 0.1) is 0 Å². The first-order chi connectivity index (χ1) is 7.89. The van der Waals surface area contributed by atoms with Crippen LogP contribution in [0.1, 0.15) is 5.56 Å². The van der Waals surface area contributed by atoms with Gasteiger partial charge < -0.3 is 5.11 Å². The number of pyridine rings is 1. The molecule has 17 heavy (non-hydrogen) atoms. The number of carboxylic acid groups (broad SMARTS) is 1. The third-order valence-electron chi connectivity index (χ3n) is 2.36. The molecule has 0 atom stereocenters. The largest absolute Gasteiger partial charge is 0.485 e. The molecule has 0 fully saturated rings. The van der Waals surface area contributed by atoms with E-state index in [-0.39, 0.29) is 21.7 Å². The van der Waals surface area contributed by atoms with Crippen LogP contribution >= 0.6 is 0 Å². The highest BCUT2D eigenvalue weighted by atomic mass is 19.4. The van der Waals surface area contributed by atoms with E-state index in [4.69, 9.17) is 5.11 Å². The number of aromatic nitrogens is 1. The number of fused-ring (bicyclic) bond motifs is 1. The number of hydrogen-bond acceptors (Lipinski definition) is 3. The number of halogens is 3. The maximum absolute atomic E-state index is 12.7. The molecule has 2 heterocycles. The summed E-state index contributed by atoms with van der Waals surface area (Å²) >= 11 is 0. The van der Waals surface area contributed by atoms with Crippen LogP contribution in [0.15, 0.2) is 24.0 Å². The summed E-state index contributed by atoms with van der Waals surface area (Å²) in [6.45, 7) is -0.711. The normalized spacial score (nSPS) is 15.2. The zero-order valence-electron chi connectivity index (χ0n) is 8.40. The zero-order valence-corrected chi connectivity index (χ0v) is 8.40. The minimum absolute atomic E-state index is 0.0682. The molecule has 7 heteroatoms. The second-order valence-electron chi connectivity index (χ2n) is 3.46. The predicted molar refractivity (Wildman–Crippen MR) is 53.3 cm³/mol. The molecular weight excluding hydrogens is 237 g/mol. The summed E-state index contributed by atoms with van der Waals surface area (Å²) < 4.78 is 38.2. The van der Waals surface area contributed by atoms with Crippen LogP contribution in [0.3, 0.4) is 0 Å². The van der Waals surface area contributed by atoms with E-state index in [1.54, 1.807) is 0 Å². The van der Waals surface area contributed by atoms with Crippen molar-refractivity contribution in [1.29, 1.82) is 0 Å². The lowest BCUT2D eigenvalue weighted by molar-refractivity contribution is -0.134. The molecule has 90 valence electrons. The quantitative estimate of drug-likeness (QED) is 0.766. The van der Waals surface area contributed by atoms with Gasteiger partial charge in [0, 0.05) is 11.8 Å². The molecule has 0 radical (unpaired) electrons. The van der Waals surface area contributed by atoms with E-state index in [1.165, 1.54) is 18.3 Å². The van der Waals surface area contributed by atoms with Crippen molar-refractivity contribution in [3.63, 3.8) is 0 Å². The maximum atomic E-state index is 12.7. The van der Waals surface area contributed by atoms with Gasteiger partial charge in [-0.3, -0.25) is 9.88 Å². The number of rotatable bonds is 1. The van der Waals surface area contributed by atoms with E-state index in [2.05, 4.69) is 4.98 Å². The van der Waals surface area contributed by atoms with Crippen molar-refractivity contribution < 1.29 is 23.1 Å². The smallest absolute Gasteiger partial charge is 0.478 e. The van der Waals surface area contributed by atoms with Gasteiger partial charge in [-0.05, 0) is 12.1 Å². The Bertz CT molecular complexity index is 497. The van der Waals surface area contributed by atoms with Crippen LogP contribution in [-0.4, -0.2) is 28.9 Å². The van der Waals surface area contributed by atoms with Crippen LogP contribution in [0.5, 0.6) is 0 Å². The number of nitrogens with zero attached hydrogens (tertiary/aromatic N) is 2. The Morgan fingerprint density at radius 2 is 2.18 bits per heavy atom. The molecule has 0 saturated carbocycles. The Morgan fingerprint density at radius 1 is 1.47 bits per heavy atom. The van der Waals surface area contributed by atoms with Gasteiger partial charge in [-0.15, -0.1) is 0 Å². The average molecular weight is 244 g/mol. The summed E-state index contributed by atoms with van der Waals surface area (Å²) in [4.78, 5) is 14.4. The van der Waals surface area contributed by atoms with E-state index >= 15 is 0 Å². The van der Waals surface area contributed by atoms with Gasteiger partial charge >= 0.3 is 12.3 Å². The Kier molecular flexibility index (Phi) is 2.53. The second-order valence-corrected chi connectivity index (χ2v) is 3.46. The first-order valence-electron chi connectivity index (χ1n) is 4.62. The van der Waals surface area contributed by atoms with Crippen LogP contribution < -0.4 is 4.90 Å². The standard InChI is InChI=1S/C10H7F3N2O2/c11-10(12,13)15-5-7(9(16)17)3-6-1-2-14-4-8(6)15/h1-4H,5H2,(H,16,17). The second kappa shape index (κ2) is 3.76. The first-order valence-corrected chi connectivity index (χ1v) is 4.62. The Labute approximate surface area is 94.0 Å². The van der Waals surface area contributed by atoms with Gasteiger partial charge in [0.05, 0.1) is 24.0 Å². The zero-order chi connectivity index (χ0) is 12.6. The average Bonchev–Trinajstić information content (AvgIpc) is 2.26. The lowest BCUT2D eigenvalue weighted by Gasteiger charge is -2.31. The molecule has 2 rings (SSSR count). The molecule has 1 aromatic rings. The Hall–Kier alpha value is -2.05. The lowest BCUT2D eigenvalue weighted by atomic mass is 10.0. The van der Waals surface area contributed by atoms with Crippen molar-refractivity contribution in [2.75, 3.05) is 11.4 Å². The van der Waals surface area contributed by atoms with Gasteiger partial charge in [-0.25, -0.2) is 4.79 Å². The molecule has 0 bridgehead atoms.